The fourth-order valence-corrected chi connectivity index (χ4v) is 2.67. The minimum absolute atomic E-state index is 0.247. The molecule has 4 heteroatoms. The molecule has 0 aliphatic rings. The molecule has 114 valence electrons. The Labute approximate surface area is 124 Å². The second kappa shape index (κ2) is 7.36. The molecule has 1 unspecified atom stereocenters. The quantitative estimate of drug-likeness (QED) is 0.599. The Morgan fingerprint density at radius 1 is 1.20 bits per heavy atom. The minimum Gasteiger partial charge on any atom is -0.416 e. The summed E-state index contributed by atoms with van der Waals surface area (Å²) in [5.74, 6) is 0. The van der Waals surface area contributed by atoms with E-state index in [2.05, 4.69) is 39.2 Å². The van der Waals surface area contributed by atoms with E-state index in [1.807, 2.05) is 30.3 Å². The van der Waals surface area contributed by atoms with Crippen LogP contribution in [0.5, 0.6) is 0 Å². The first-order chi connectivity index (χ1) is 9.24. The van der Waals surface area contributed by atoms with Gasteiger partial charge in [-0.3, -0.25) is 0 Å². The van der Waals surface area contributed by atoms with Crippen LogP contribution in [0.15, 0.2) is 30.3 Å². The van der Waals surface area contributed by atoms with Crippen molar-refractivity contribution in [1.82, 2.24) is 5.32 Å². The highest BCUT2D eigenvalue weighted by molar-refractivity contribution is 6.74. The average Bonchev–Trinajstić information content (AvgIpc) is 2.37. The van der Waals surface area contributed by atoms with E-state index in [-0.39, 0.29) is 5.04 Å². The van der Waals surface area contributed by atoms with Gasteiger partial charge in [0.05, 0.1) is 6.10 Å². The van der Waals surface area contributed by atoms with Gasteiger partial charge >= 0.3 is 0 Å². The Hall–Kier alpha value is -0.683. The first kappa shape index (κ1) is 17.4. The van der Waals surface area contributed by atoms with Gasteiger partial charge in [-0.2, -0.15) is 0 Å². The third-order valence-corrected chi connectivity index (χ3v) is 8.61. The van der Waals surface area contributed by atoms with Crippen LogP contribution in [0.25, 0.3) is 0 Å². The first-order valence-electron chi connectivity index (χ1n) is 7.32. The smallest absolute Gasteiger partial charge is 0.192 e. The molecular weight excluding hydrogens is 266 g/mol. The second-order valence-electron chi connectivity index (χ2n) is 6.74. The lowest BCUT2D eigenvalue weighted by Gasteiger charge is -2.36. The molecule has 1 atom stereocenters. The van der Waals surface area contributed by atoms with E-state index in [1.54, 1.807) is 0 Å². The minimum atomic E-state index is -1.65. The van der Waals surface area contributed by atoms with Crippen molar-refractivity contribution >= 4 is 8.32 Å². The van der Waals surface area contributed by atoms with Gasteiger partial charge in [-0.25, -0.2) is 0 Å². The summed E-state index contributed by atoms with van der Waals surface area (Å²) >= 11 is 0. The normalized spacial score (nSPS) is 14.3. The lowest BCUT2D eigenvalue weighted by molar-refractivity contribution is 0.171. The van der Waals surface area contributed by atoms with Crippen LogP contribution < -0.4 is 5.32 Å². The monoisotopic (exact) mass is 295 g/mol. The Kier molecular flexibility index (Phi) is 6.39. The molecule has 0 aromatic heterocycles. The molecule has 1 aromatic rings. The Morgan fingerprint density at radius 2 is 1.80 bits per heavy atom. The van der Waals surface area contributed by atoms with Crippen LogP contribution in [0.3, 0.4) is 0 Å². The SMILES string of the molecule is CC(C)(C)[Si](C)(C)OCCNCC(O)c1ccccc1. The molecule has 0 radical (unpaired) electrons. The molecule has 1 rings (SSSR count). The number of rotatable bonds is 7. The van der Waals surface area contributed by atoms with Gasteiger partial charge in [-0.15, -0.1) is 0 Å². The van der Waals surface area contributed by atoms with Crippen molar-refractivity contribution in [3.05, 3.63) is 35.9 Å². The van der Waals surface area contributed by atoms with Gasteiger partial charge in [0.15, 0.2) is 8.32 Å². The van der Waals surface area contributed by atoms with Crippen LogP contribution in [0.2, 0.25) is 18.1 Å². The molecule has 0 saturated carbocycles. The summed E-state index contributed by atoms with van der Waals surface area (Å²) in [4.78, 5) is 0. The molecule has 0 bridgehead atoms. The van der Waals surface area contributed by atoms with Gasteiger partial charge < -0.3 is 14.8 Å². The number of benzene rings is 1. The summed E-state index contributed by atoms with van der Waals surface area (Å²) in [5.41, 5.74) is 0.949. The molecule has 0 amide bonds. The van der Waals surface area contributed by atoms with Crippen LogP contribution in [0.4, 0.5) is 0 Å². The number of nitrogens with one attached hydrogen (secondary N) is 1. The maximum Gasteiger partial charge on any atom is 0.192 e. The van der Waals surface area contributed by atoms with Crippen LogP contribution in [-0.4, -0.2) is 33.1 Å². The van der Waals surface area contributed by atoms with Gasteiger partial charge in [0, 0.05) is 19.7 Å². The van der Waals surface area contributed by atoms with E-state index in [9.17, 15) is 5.11 Å². The van der Waals surface area contributed by atoms with Gasteiger partial charge in [-0.05, 0) is 23.7 Å². The molecule has 0 aliphatic carbocycles. The Balaban J connectivity index is 2.23. The standard InChI is InChI=1S/C16H29NO2Si/c1-16(2,3)20(4,5)19-12-11-17-13-15(18)14-9-7-6-8-10-14/h6-10,15,17-18H,11-13H2,1-5H3. The molecule has 0 saturated heterocycles. The molecule has 0 spiro atoms. The highest BCUT2D eigenvalue weighted by atomic mass is 28.4. The van der Waals surface area contributed by atoms with Crippen LogP contribution >= 0.6 is 0 Å². The van der Waals surface area contributed by atoms with Crippen molar-refractivity contribution in [1.29, 1.82) is 0 Å². The van der Waals surface area contributed by atoms with Crippen molar-refractivity contribution in [2.24, 2.45) is 0 Å². The predicted octanol–water partition coefficient (Wildman–Crippen LogP) is 3.33. The summed E-state index contributed by atoms with van der Waals surface area (Å²) < 4.78 is 6.08. The largest absolute Gasteiger partial charge is 0.416 e. The molecule has 0 aliphatic heterocycles. The summed E-state index contributed by atoms with van der Waals surface area (Å²) in [6.45, 7) is 13.3. The van der Waals surface area contributed by atoms with Crippen molar-refractivity contribution in [3.63, 3.8) is 0 Å². The Bertz CT molecular complexity index is 387. The van der Waals surface area contributed by atoms with Crippen molar-refractivity contribution in [3.8, 4) is 0 Å². The predicted molar refractivity (Wildman–Crippen MR) is 87.4 cm³/mol. The lowest BCUT2D eigenvalue weighted by atomic mass is 10.1. The Morgan fingerprint density at radius 3 is 2.35 bits per heavy atom. The fourth-order valence-electron chi connectivity index (χ4n) is 1.63. The zero-order valence-electron chi connectivity index (χ0n) is 13.4. The first-order valence-corrected chi connectivity index (χ1v) is 10.2. The average molecular weight is 295 g/mol. The summed E-state index contributed by atoms with van der Waals surface area (Å²) in [5, 5.41) is 13.5. The van der Waals surface area contributed by atoms with Crippen LogP contribution in [-0.2, 0) is 4.43 Å². The summed E-state index contributed by atoms with van der Waals surface area (Å²) in [6, 6.07) is 9.73. The zero-order chi connectivity index (χ0) is 15.2. The van der Waals surface area contributed by atoms with Gasteiger partial charge in [0.1, 0.15) is 0 Å². The van der Waals surface area contributed by atoms with E-state index < -0.39 is 14.4 Å². The van der Waals surface area contributed by atoms with Crippen molar-refractivity contribution in [2.75, 3.05) is 19.7 Å². The highest BCUT2D eigenvalue weighted by Crippen LogP contribution is 2.36. The molecule has 20 heavy (non-hydrogen) atoms. The van der Waals surface area contributed by atoms with E-state index in [0.29, 0.717) is 13.2 Å². The topological polar surface area (TPSA) is 41.5 Å². The van der Waals surface area contributed by atoms with E-state index in [4.69, 9.17) is 4.43 Å². The van der Waals surface area contributed by atoms with Gasteiger partial charge in [-0.1, -0.05) is 51.1 Å². The summed E-state index contributed by atoms with van der Waals surface area (Å²) in [7, 11) is -1.65. The third kappa shape index (κ3) is 5.36. The molecule has 2 N–H and O–H groups in total. The molecular formula is C16H29NO2Si. The highest BCUT2D eigenvalue weighted by Gasteiger charge is 2.36. The number of hydrogen-bond donors (Lipinski definition) is 2. The third-order valence-electron chi connectivity index (χ3n) is 4.07. The van der Waals surface area contributed by atoms with Gasteiger partial charge in [0.25, 0.3) is 0 Å². The van der Waals surface area contributed by atoms with E-state index in [0.717, 1.165) is 12.1 Å². The second-order valence-corrected chi connectivity index (χ2v) is 11.5. The zero-order valence-corrected chi connectivity index (χ0v) is 14.4. The number of aliphatic hydroxyl groups excluding tert-OH is 1. The number of aliphatic hydroxyl groups is 1. The fraction of sp³-hybridized carbons (Fsp3) is 0.625. The van der Waals surface area contributed by atoms with E-state index >= 15 is 0 Å². The molecule has 0 fully saturated rings. The lowest BCUT2D eigenvalue weighted by Crippen LogP contribution is -2.42. The maximum atomic E-state index is 10.0. The molecule has 0 heterocycles. The maximum absolute atomic E-state index is 10.0. The molecule has 3 nitrogen and oxygen atoms in total. The molecule has 1 aromatic carbocycles. The number of hydrogen-bond acceptors (Lipinski definition) is 3. The van der Waals surface area contributed by atoms with Crippen molar-refractivity contribution in [2.45, 2.75) is 45.0 Å². The van der Waals surface area contributed by atoms with E-state index in [1.165, 1.54) is 0 Å². The van der Waals surface area contributed by atoms with Crippen LogP contribution in [0, 0.1) is 0 Å². The summed E-state index contributed by atoms with van der Waals surface area (Å²) in [6.07, 6.45) is -0.455. The van der Waals surface area contributed by atoms with Crippen molar-refractivity contribution < 1.29 is 9.53 Å². The van der Waals surface area contributed by atoms with Gasteiger partial charge in [0.2, 0.25) is 0 Å². The van der Waals surface area contributed by atoms with Crippen LogP contribution in [0.1, 0.15) is 32.4 Å².